The number of esters is 1. The Morgan fingerprint density at radius 3 is 2.60 bits per heavy atom. The Hall–Kier alpha value is -3.21. The predicted molar refractivity (Wildman–Crippen MR) is 97.2 cm³/mol. The monoisotopic (exact) mass is 334 g/mol. The summed E-state index contributed by atoms with van der Waals surface area (Å²) in [5.74, 6) is -0.502. The number of ether oxygens (including phenoxy) is 1. The number of carbonyl (C=O) groups excluding carboxylic acids is 1. The van der Waals surface area contributed by atoms with E-state index in [0.29, 0.717) is 22.5 Å². The number of aromatic nitrogens is 2. The highest BCUT2D eigenvalue weighted by Gasteiger charge is 2.19. The molecule has 3 rings (SSSR count). The van der Waals surface area contributed by atoms with Crippen molar-refractivity contribution in [1.82, 2.24) is 9.55 Å². The highest BCUT2D eigenvalue weighted by Crippen LogP contribution is 2.24. The summed E-state index contributed by atoms with van der Waals surface area (Å²) in [6.45, 7) is 3.57. The first-order valence-corrected chi connectivity index (χ1v) is 7.86. The molecule has 2 heterocycles. The SMILES string of the molecule is COC(=O)/C(C)=C(\c1cc(C)ccn1)n1c(=O)ccc2ccccc21. The van der Waals surface area contributed by atoms with Gasteiger partial charge in [0.2, 0.25) is 0 Å². The summed E-state index contributed by atoms with van der Waals surface area (Å²) in [6, 6.07) is 14.5. The molecule has 0 N–H and O–H groups in total. The minimum Gasteiger partial charge on any atom is -0.466 e. The summed E-state index contributed by atoms with van der Waals surface area (Å²) in [5.41, 5.74) is 2.74. The molecule has 0 aliphatic rings. The molecule has 2 aromatic heterocycles. The van der Waals surface area contributed by atoms with Gasteiger partial charge in [0.05, 0.1) is 29.6 Å². The van der Waals surface area contributed by atoms with E-state index in [1.54, 1.807) is 19.2 Å². The molecule has 0 saturated carbocycles. The van der Waals surface area contributed by atoms with Crippen LogP contribution < -0.4 is 5.56 Å². The summed E-state index contributed by atoms with van der Waals surface area (Å²) >= 11 is 0. The van der Waals surface area contributed by atoms with Crippen LogP contribution in [0.25, 0.3) is 16.6 Å². The normalized spacial score (nSPS) is 12.0. The fraction of sp³-hybridized carbons (Fsp3) is 0.150. The van der Waals surface area contributed by atoms with Gasteiger partial charge in [-0.1, -0.05) is 18.2 Å². The summed E-state index contributed by atoms with van der Waals surface area (Å²) in [5, 5.41) is 0.893. The molecule has 3 aromatic rings. The van der Waals surface area contributed by atoms with Crippen molar-refractivity contribution < 1.29 is 9.53 Å². The van der Waals surface area contributed by atoms with E-state index in [1.807, 2.05) is 43.3 Å². The number of carbonyl (C=O) groups is 1. The van der Waals surface area contributed by atoms with E-state index in [0.717, 1.165) is 10.9 Å². The maximum atomic E-state index is 12.7. The van der Waals surface area contributed by atoms with Gasteiger partial charge in [0.25, 0.3) is 5.56 Å². The third kappa shape index (κ3) is 3.08. The van der Waals surface area contributed by atoms with Crippen molar-refractivity contribution in [2.24, 2.45) is 0 Å². The summed E-state index contributed by atoms with van der Waals surface area (Å²) < 4.78 is 6.40. The van der Waals surface area contributed by atoms with Crippen molar-refractivity contribution in [3.8, 4) is 0 Å². The second kappa shape index (κ2) is 6.73. The molecule has 0 fully saturated rings. The zero-order chi connectivity index (χ0) is 18.0. The second-order valence-corrected chi connectivity index (χ2v) is 5.75. The minimum atomic E-state index is -0.502. The van der Waals surface area contributed by atoms with Crippen LogP contribution in [-0.4, -0.2) is 22.6 Å². The largest absolute Gasteiger partial charge is 0.466 e. The third-order valence-electron chi connectivity index (χ3n) is 4.03. The molecule has 5 nitrogen and oxygen atoms in total. The minimum absolute atomic E-state index is 0.236. The fourth-order valence-corrected chi connectivity index (χ4v) is 2.81. The van der Waals surface area contributed by atoms with Gasteiger partial charge in [0.1, 0.15) is 0 Å². The molecular formula is C20H18N2O3. The highest BCUT2D eigenvalue weighted by molar-refractivity contribution is 5.98. The predicted octanol–water partition coefficient (Wildman–Crippen LogP) is 3.16. The van der Waals surface area contributed by atoms with Gasteiger partial charge in [0.15, 0.2) is 0 Å². The van der Waals surface area contributed by atoms with Crippen LogP contribution in [-0.2, 0) is 9.53 Å². The maximum absolute atomic E-state index is 12.7. The Balaban J connectivity index is 2.44. The summed E-state index contributed by atoms with van der Waals surface area (Å²) in [7, 11) is 1.32. The molecule has 0 unspecified atom stereocenters. The molecular weight excluding hydrogens is 316 g/mol. The number of hydrogen-bond donors (Lipinski definition) is 0. The lowest BCUT2D eigenvalue weighted by atomic mass is 10.1. The smallest absolute Gasteiger partial charge is 0.335 e. The van der Waals surface area contributed by atoms with Crippen LogP contribution in [0.4, 0.5) is 0 Å². The van der Waals surface area contributed by atoms with Crippen LogP contribution in [0, 0.1) is 6.92 Å². The Morgan fingerprint density at radius 2 is 1.88 bits per heavy atom. The van der Waals surface area contributed by atoms with Crippen LogP contribution in [0.15, 0.2) is 65.1 Å². The molecule has 0 aliphatic heterocycles. The van der Waals surface area contributed by atoms with Crippen molar-refractivity contribution in [3.05, 3.63) is 81.9 Å². The van der Waals surface area contributed by atoms with Crippen LogP contribution in [0.1, 0.15) is 18.2 Å². The van der Waals surface area contributed by atoms with Crippen LogP contribution in [0.2, 0.25) is 0 Å². The van der Waals surface area contributed by atoms with Gasteiger partial charge in [-0.05, 0) is 49.1 Å². The lowest BCUT2D eigenvalue weighted by Gasteiger charge is -2.16. The van der Waals surface area contributed by atoms with E-state index in [9.17, 15) is 9.59 Å². The lowest BCUT2D eigenvalue weighted by molar-refractivity contribution is -0.135. The van der Waals surface area contributed by atoms with Crippen molar-refractivity contribution >= 4 is 22.6 Å². The molecule has 0 spiro atoms. The van der Waals surface area contributed by atoms with Crippen molar-refractivity contribution in [2.45, 2.75) is 13.8 Å². The number of pyridine rings is 2. The molecule has 0 radical (unpaired) electrons. The van der Waals surface area contributed by atoms with Gasteiger partial charge in [0, 0.05) is 12.3 Å². The summed E-state index contributed by atoms with van der Waals surface area (Å²) in [4.78, 5) is 29.3. The topological polar surface area (TPSA) is 61.2 Å². The number of fused-ring (bicyclic) bond motifs is 1. The van der Waals surface area contributed by atoms with E-state index in [-0.39, 0.29) is 5.56 Å². The van der Waals surface area contributed by atoms with Gasteiger partial charge >= 0.3 is 5.97 Å². The van der Waals surface area contributed by atoms with Gasteiger partial charge in [-0.3, -0.25) is 14.3 Å². The van der Waals surface area contributed by atoms with Gasteiger partial charge < -0.3 is 4.74 Å². The number of rotatable bonds is 3. The van der Waals surface area contributed by atoms with Crippen molar-refractivity contribution in [2.75, 3.05) is 7.11 Å². The molecule has 0 atom stereocenters. The molecule has 126 valence electrons. The summed E-state index contributed by atoms with van der Waals surface area (Å²) in [6.07, 6.45) is 1.66. The number of hydrogen-bond acceptors (Lipinski definition) is 4. The van der Waals surface area contributed by atoms with Gasteiger partial charge in [-0.2, -0.15) is 0 Å². The molecule has 0 aliphatic carbocycles. The Morgan fingerprint density at radius 1 is 1.12 bits per heavy atom. The maximum Gasteiger partial charge on any atom is 0.335 e. The fourth-order valence-electron chi connectivity index (χ4n) is 2.81. The van der Waals surface area contributed by atoms with Crippen LogP contribution >= 0.6 is 0 Å². The Kier molecular flexibility index (Phi) is 4.48. The Bertz CT molecular complexity index is 1050. The standard InChI is InChI=1S/C20H18N2O3/c1-13-10-11-21-16(12-13)19(14(2)20(24)25-3)22-17-7-5-4-6-15(17)8-9-18(22)23/h4-12H,1-3H3/b19-14+. The number of aryl methyl sites for hydroxylation is 1. The average Bonchev–Trinajstić information content (AvgIpc) is 2.63. The van der Waals surface area contributed by atoms with Gasteiger partial charge in [-0.25, -0.2) is 4.79 Å². The molecule has 0 bridgehead atoms. The zero-order valence-electron chi connectivity index (χ0n) is 14.3. The van der Waals surface area contributed by atoms with E-state index in [1.165, 1.54) is 17.7 Å². The zero-order valence-corrected chi connectivity index (χ0v) is 14.3. The average molecular weight is 334 g/mol. The first kappa shape index (κ1) is 16.6. The molecule has 0 amide bonds. The van der Waals surface area contributed by atoms with E-state index >= 15 is 0 Å². The Labute approximate surface area is 145 Å². The van der Waals surface area contributed by atoms with E-state index < -0.39 is 5.97 Å². The number of para-hydroxylation sites is 1. The first-order valence-electron chi connectivity index (χ1n) is 7.86. The lowest BCUT2D eigenvalue weighted by Crippen LogP contribution is -2.22. The second-order valence-electron chi connectivity index (χ2n) is 5.75. The molecule has 1 aromatic carbocycles. The molecule has 0 saturated heterocycles. The van der Waals surface area contributed by atoms with E-state index in [2.05, 4.69) is 4.98 Å². The van der Waals surface area contributed by atoms with E-state index in [4.69, 9.17) is 4.74 Å². The number of nitrogens with zero attached hydrogens (tertiary/aromatic N) is 2. The molecule has 25 heavy (non-hydrogen) atoms. The van der Waals surface area contributed by atoms with Crippen LogP contribution in [0.3, 0.4) is 0 Å². The van der Waals surface area contributed by atoms with Gasteiger partial charge in [-0.15, -0.1) is 0 Å². The number of methoxy groups -OCH3 is 1. The highest BCUT2D eigenvalue weighted by atomic mass is 16.5. The quantitative estimate of drug-likeness (QED) is 0.545. The van der Waals surface area contributed by atoms with Crippen molar-refractivity contribution in [3.63, 3.8) is 0 Å². The van der Waals surface area contributed by atoms with Crippen molar-refractivity contribution in [1.29, 1.82) is 0 Å². The third-order valence-corrected chi connectivity index (χ3v) is 4.03. The molecule has 5 heteroatoms. The first-order chi connectivity index (χ1) is 12.0. The van der Waals surface area contributed by atoms with Crippen LogP contribution in [0.5, 0.6) is 0 Å². The number of benzene rings is 1.